The van der Waals surface area contributed by atoms with E-state index in [2.05, 4.69) is 4.90 Å². The Hall–Kier alpha value is -2.40. The first-order valence-electron chi connectivity index (χ1n) is 6.63. The van der Waals surface area contributed by atoms with Crippen molar-refractivity contribution in [3.63, 3.8) is 0 Å². The molecule has 0 unspecified atom stereocenters. The van der Waals surface area contributed by atoms with Crippen LogP contribution in [0.3, 0.4) is 0 Å². The molecule has 0 aliphatic heterocycles. The van der Waals surface area contributed by atoms with Crippen molar-refractivity contribution >= 4 is 5.69 Å². The molecule has 0 aliphatic rings. The monoisotopic (exact) mass is 286 g/mol. The van der Waals surface area contributed by atoms with Gasteiger partial charge >= 0.3 is 0 Å². The van der Waals surface area contributed by atoms with Crippen molar-refractivity contribution in [1.29, 1.82) is 0 Å². The minimum Gasteiger partial charge on any atom is -0.497 e. The molecule has 0 amide bonds. The van der Waals surface area contributed by atoms with Crippen LogP contribution in [0.2, 0.25) is 0 Å². The number of nitro groups is 1. The fourth-order valence-corrected chi connectivity index (χ4v) is 2.22. The maximum absolute atomic E-state index is 10.8. The molecule has 0 N–H and O–H groups in total. The second kappa shape index (κ2) is 6.85. The standard InChI is InChI=1S/C16H18N2O3/c1-17(12-14-6-4-8-16(10-14)21-2)11-13-5-3-7-15(9-13)18(19)20/h3-10H,11-12H2,1-2H3. The van der Waals surface area contributed by atoms with Crippen LogP contribution in [0.1, 0.15) is 11.1 Å². The van der Waals surface area contributed by atoms with Crippen LogP contribution in [0.5, 0.6) is 5.75 Å². The predicted molar refractivity (Wildman–Crippen MR) is 81.3 cm³/mol. The molecule has 5 heteroatoms. The second-order valence-corrected chi connectivity index (χ2v) is 4.95. The van der Waals surface area contributed by atoms with Crippen LogP contribution >= 0.6 is 0 Å². The Morgan fingerprint density at radius 1 is 1.10 bits per heavy atom. The van der Waals surface area contributed by atoms with E-state index in [0.717, 1.165) is 23.4 Å². The average Bonchev–Trinajstić information content (AvgIpc) is 2.47. The van der Waals surface area contributed by atoms with Crippen LogP contribution in [-0.4, -0.2) is 24.0 Å². The molecule has 0 radical (unpaired) electrons. The number of benzene rings is 2. The molecule has 110 valence electrons. The Balaban J connectivity index is 2.02. The molecule has 0 aliphatic carbocycles. The molecule has 2 aromatic rings. The van der Waals surface area contributed by atoms with E-state index in [4.69, 9.17) is 4.74 Å². The SMILES string of the molecule is COc1cccc(CN(C)Cc2cccc([N+](=O)[O-])c2)c1. The molecule has 0 fully saturated rings. The molecule has 2 aromatic carbocycles. The molecular weight excluding hydrogens is 268 g/mol. The Bertz CT molecular complexity index is 628. The Labute approximate surface area is 123 Å². The fourth-order valence-electron chi connectivity index (χ4n) is 2.22. The smallest absolute Gasteiger partial charge is 0.269 e. The van der Waals surface area contributed by atoms with Gasteiger partial charge in [-0.1, -0.05) is 24.3 Å². The van der Waals surface area contributed by atoms with Gasteiger partial charge in [-0.3, -0.25) is 15.0 Å². The van der Waals surface area contributed by atoms with Gasteiger partial charge in [0.15, 0.2) is 0 Å². The van der Waals surface area contributed by atoms with E-state index in [9.17, 15) is 10.1 Å². The topological polar surface area (TPSA) is 55.6 Å². The molecule has 0 bridgehead atoms. The van der Waals surface area contributed by atoms with Crippen molar-refractivity contribution in [2.75, 3.05) is 14.2 Å². The molecule has 0 aromatic heterocycles. The van der Waals surface area contributed by atoms with Gasteiger partial charge in [0.2, 0.25) is 0 Å². The highest BCUT2D eigenvalue weighted by molar-refractivity contribution is 5.34. The van der Waals surface area contributed by atoms with Gasteiger partial charge in [-0.15, -0.1) is 0 Å². The summed E-state index contributed by atoms with van der Waals surface area (Å²) < 4.78 is 5.20. The van der Waals surface area contributed by atoms with Crippen LogP contribution in [0.15, 0.2) is 48.5 Å². The van der Waals surface area contributed by atoms with E-state index in [1.165, 1.54) is 6.07 Å². The molecule has 0 saturated carbocycles. The van der Waals surface area contributed by atoms with Gasteiger partial charge in [0.05, 0.1) is 12.0 Å². The third-order valence-corrected chi connectivity index (χ3v) is 3.16. The molecule has 0 saturated heterocycles. The second-order valence-electron chi connectivity index (χ2n) is 4.95. The zero-order chi connectivity index (χ0) is 15.2. The van der Waals surface area contributed by atoms with E-state index >= 15 is 0 Å². The van der Waals surface area contributed by atoms with Crippen LogP contribution < -0.4 is 4.74 Å². The number of non-ortho nitro benzene ring substituents is 1. The summed E-state index contributed by atoms with van der Waals surface area (Å²) in [6.07, 6.45) is 0. The molecule has 0 heterocycles. The van der Waals surface area contributed by atoms with Crippen LogP contribution in [0.25, 0.3) is 0 Å². The van der Waals surface area contributed by atoms with E-state index in [1.54, 1.807) is 19.2 Å². The van der Waals surface area contributed by atoms with Crippen molar-refractivity contribution in [3.8, 4) is 5.75 Å². The minimum absolute atomic E-state index is 0.127. The largest absolute Gasteiger partial charge is 0.497 e. The van der Waals surface area contributed by atoms with E-state index in [1.807, 2.05) is 37.4 Å². The number of nitrogens with zero attached hydrogens (tertiary/aromatic N) is 2. The van der Waals surface area contributed by atoms with E-state index < -0.39 is 0 Å². The summed E-state index contributed by atoms with van der Waals surface area (Å²) in [5.41, 5.74) is 2.19. The van der Waals surface area contributed by atoms with Gasteiger partial charge < -0.3 is 4.74 Å². The first kappa shape index (κ1) is 15.0. The highest BCUT2D eigenvalue weighted by Gasteiger charge is 2.08. The highest BCUT2D eigenvalue weighted by atomic mass is 16.6. The molecule has 5 nitrogen and oxygen atoms in total. The maximum Gasteiger partial charge on any atom is 0.269 e. The molecule has 0 atom stereocenters. The van der Waals surface area contributed by atoms with Gasteiger partial charge in [0, 0.05) is 25.2 Å². The lowest BCUT2D eigenvalue weighted by molar-refractivity contribution is -0.384. The number of methoxy groups -OCH3 is 1. The lowest BCUT2D eigenvalue weighted by atomic mass is 10.1. The predicted octanol–water partition coefficient (Wildman–Crippen LogP) is 3.24. The number of nitro benzene ring substituents is 1. The lowest BCUT2D eigenvalue weighted by Gasteiger charge is -2.17. The van der Waals surface area contributed by atoms with Crippen molar-refractivity contribution in [1.82, 2.24) is 4.90 Å². The Kier molecular flexibility index (Phi) is 4.90. The number of hydrogen-bond donors (Lipinski definition) is 0. The normalized spacial score (nSPS) is 10.6. The van der Waals surface area contributed by atoms with Crippen LogP contribution in [0.4, 0.5) is 5.69 Å². The summed E-state index contributed by atoms with van der Waals surface area (Å²) in [4.78, 5) is 12.5. The van der Waals surface area contributed by atoms with Crippen molar-refractivity contribution < 1.29 is 9.66 Å². The minimum atomic E-state index is -0.369. The third kappa shape index (κ3) is 4.29. The summed E-state index contributed by atoms with van der Waals surface area (Å²) in [5, 5.41) is 10.8. The Morgan fingerprint density at radius 3 is 2.33 bits per heavy atom. The molecule has 2 rings (SSSR count). The van der Waals surface area contributed by atoms with Crippen LogP contribution in [-0.2, 0) is 13.1 Å². The number of rotatable bonds is 6. The quantitative estimate of drug-likeness (QED) is 0.604. The van der Waals surface area contributed by atoms with E-state index in [-0.39, 0.29) is 10.6 Å². The van der Waals surface area contributed by atoms with Gasteiger partial charge in [0.25, 0.3) is 5.69 Å². The summed E-state index contributed by atoms with van der Waals surface area (Å²) in [6, 6.07) is 14.6. The zero-order valence-electron chi connectivity index (χ0n) is 12.2. The first-order valence-corrected chi connectivity index (χ1v) is 6.63. The van der Waals surface area contributed by atoms with Crippen molar-refractivity contribution in [3.05, 3.63) is 69.8 Å². The molecule has 21 heavy (non-hydrogen) atoms. The average molecular weight is 286 g/mol. The summed E-state index contributed by atoms with van der Waals surface area (Å²) in [6.45, 7) is 1.40. The Morgan fingerprint density at radius 2 is 1.71 bits per heavy atom. The summed E-state index contributed by atoms with van der Waals surface area (Å²) in [5.74, 6) is 0.830. The summed E-state index contributed by atoms with van der Waals surface area (Å²) in [7, 11) is 3.63. The maximum atomic E-state index is 10.8. The van der Waals surface area contributed by atoms with E-state index in [0.29, 0.717) is 6.54 Å². The fraction of sp³-hybridized carbons (Fsp3) is 0.250. The molecule has 0 spiro atoms. The first-order chi connectivity index (χ1) is 10.1. The van der Waals surface area contributed by atoms with Crippen molar-refractivity contribution in [2.24, 2.45) is 0 Å². The van der Waals surface area contributed by atoms with Crippen molar-refractivity contribution in [2.45, 2.75) is 13.1 Å². The van der Waals surface area contributed by atoms with Gasteiger partial charge in [-0.2, -0.15) is 0 Å². The lowest BCUT2D eigenvalue weighted by Crippen LogP contribution is -2.17. The summed E-state index contributed by atoms with van der Waals surface area (Å²) >= 11 is 0. The van der Waals surface area contributed by atoms with Gasteiger partial charge in [-0.25, -0.2) is 0 Å². The number of ether oxygens (including phenoxy) is 1. The highest BCUT2D eigenvalue weighted by Crippen LogP contribution is 2.17. The number of hydrogen-bond acceptors (Lipinski definition) is 4. The van der Waals surface area contributed by atoms with Gasteiger partial charge in [0.1, 0.15) is 5.75 Å². The van der Waals surface area contributed by atoms with Gasteiger partial charge in [-0.05, 0) is 30.3 Å². The zero-order valence-corrected chi connectivity index (χ0v) is 12.2. The third-order valence-electron chi connectivity index (χ3n) is 3.16. The van der Waals surface area contributed by atoms with Crippen LogP contribution in [0, 0.1) is 10.1 Å². The molecular formula is C16H18N2O3.